The van der Waals surface area contributed by atoms with Gasteiger partial charge in [0.1, 0.15) is 6.04 Å². The Morgan fingerprint density at radius 1 is 0.974 bits per heavy atom. The summed E-state index contributed by atoms with van der Waals surface area (Å²) in [5.74, 6) is 2.33. The number of carbonyl (C=O) groups is 2. The number of fused-ring (bicyclic) bond motifs is 2. The number of aromatic nitrogens is 1. The SMILES string of the molecule is CCC(C)C(C(=O)NC12CC3CC(CC(C3)C1)C2)N1C(=O)c2ccccc2C1c1cn(C)c2ccccc12. The number of carbonyl (C=O) groups excluding carboxylic acids is 2. The third kappa shape index (κ3) is 3.57. The van der Waals surface area contributed by atoms with E-state index in [0.717, 1.165) is 71.0 Å². The van der Waals surface area contributed by atoms with Gasteiger partial charge in [-0.25, -0.2) is 0 Å². The van der Waals surface area contributed by atoms with Crippen molar-refractivity contribution in [3.05, 3.63) is 71.4 Å². The van der Waals surface area contributed by atoms with E-state index in [2.05, 4.69) is 67.3 Å². The maximum atomic E-state index is 14.4. The van der Waals surface area contributed by atoms with E-state index >= 15 is 0 Å². The number of para-hydroxylation sites is 1. The molecule has 1 N–H and O–H groups in total. The van der Waals surface area contributed by atoms with Crippen LogP contribution in [-0.4, -0.2) is 32.9 Å². The minimum absolute atomic E-state index is 0.0236. The van der Waals surface area contributed by atoms with E-state index in [1.165, 1.54) is 19.3 Å². The largest absolute Gasteiger partial charge is 0.350 e. The van der Waals surface area contributed by atoms with E-state index in [1.807, 2.05) is 23.1 Å². The second kappa shape index (κ2) is 8.72. The molecule has 8 rings (SSSR count). The molecule has 0 spiro atoms. The van der Waals surface area contributed by atoms with Crippen LogP contribution in [0.3, 0.4) is 0 Å². The van der Waals surface area contributed by atoms with Crippen LogP contribution in [0.15, 0.2) is 54.7 Å². The second-order valence-electron chi connectivity index (χ2n) is 12.9. The van der Waals surface area contributed by atoms with Gasteiger partial charge in [0.2, 0.25) is 5.91 Å². The normalized spacial score (nSPS) is 31.0. The zero-order chi connectivity index (χ0) is 26.2. The number of aryl methyl sites for hydroxylation is 1. The molecule has 4 fully saturated rings. The van der Waals surface area contributed by atoms with Gasteiger partial charge in [-0.1, -0.05) is 56.7 Å². The van der Waals surface area contributed by atoms with Gasteiger partial charge in [0.25, 0.3) is 5.91 Å². The summed E-state index contributed by atoms with van der Waals surface area (Å²) in [6.45, 7) is 4.27. The van der Waals surface area contributed by atoms with Crippen molar-refractivity contribution in [1.82, 2.24) is 14.8 Å². The van der Waals surface area contributed by atoms with Crippen LogP contribution in [0, 0.1) is 23.7 Å². The average Bonchev–Trinajstić information content (AvgIpc) is 3.37. The molecule has 38 heavy (non-hydrogen) atoms. The first-order valence-electron chi connectivity index (χ1n) is 14.6. The molecule has 1 aliphatic heterocycles. The van der Waals surface area contributed by atoms with Crippen molar-refractivity contribution in [3.63, 3.8) is 0 Å². The third-order valence-corrected chi connectivity index (χ3v) is 10.4. The number of benzene rings is 2. The van der Waals surface area contributed by atoms with Crippen LogP contribution in [0.5, 0.6) is 0 Å². The Kier molecular flexibility index (Phi) is 5.51. The van der Waals surface area contributed by atoms with E-state index < -0.39 is 6.04 Å². The molecule has 4 bridgehead atoms. The summed E-state index contributed by atoms with van der Waals surface area (Å²) in [7, 11) is 2.06. The van der Waals surface area contributed by atoms with Crippen LogP contribution in [0.4, 0.5) is 0 Å². The second-order valence-corrected chi connectivity index (χ2v) is 12.9. The Morgan fingerprint density at radius 2 is 1.61 bits per heavy atom. The predicted molar refractivity (Wildman–Crippen MR) is 150 cm³/mol. The minimum Gasteiger partial charge on any atom is -0.350 e. The van der Waals surface area contributed by atoms with Crippen molar-refractivity contribution in [2.75, 3.05) is 0 Å². The fourth-order valence-electron chi connectivity index (χ4n) is 9.01. The van der Waals surface area contributed by atoms with E-state index in [9.17, 15) is 9.59 Å². The number of nitrogens with one attached hydrogen (secondary N) is 1. The van der Waals surface area contributed by atoms with Gasteiger partial charge in [-0.15, -0.1) is 0 Å². The highest BCUT2D eigenvalue weighted by Crippen LogP contribution is 2.56. The van der Waals surface area contributed by atoms with Gasteiger partial charge in [-0.05, 0) is 79.9 Å². The molecule has 4 aliphatic carbocycles. The van der Waals surface area contributed by atoms with E-state index in [-0.39, 0.29) is 29.3 Å². The quantitative estimate of drug-likeness (QED) is 0.429. The molecule has 0 radical (unpaired) electrons. The molecule has 5 heteroatoms. The Balaban J connectivity index is 1.31. The number of amides is 2. The van der Waals surface area contributed by atoms with E-state index in [1.54, 1.807) is 0 Å². The average molecular weight is 510 g/mol. The first kappa shape index (κ1) is 24.0. The molecule has 0 saturated heterocycles. The van der Waals surface area contributed by atoms with Gasteiger partial charge < -0.3 is 14.8 Å². The lowest BCUT2D eigenvalue weighted by Crippen LogP contribution is -2.63. The Bertz CT molecular complexity index is 1390. The smallest absolute Gasteiger partial charge is 0.255 e. The van der Waals surface area contributed by atoms with Gasteiger partial charge in [0.05, 0.1) is 6.04 Å². The van der Waals surface area contributed by atoms with Gasteiger partial charge >= 0.3 is 0 Å². The maximum Gasteiger partial charge on any atom is 0.255 e. The number of rotatable bonds is 6. The zero-order valence-electron chi connectivity index (χ0n) is 22.8. The molecule has 2 amide bonds. The molecule has 1 aromatic heterocycles. The van der Waals surface area contributed by atoms with Gasteiger partial charge in [-0.3, -0.25) is 9.59 Å². The number of nitrogens with zero attached hydrogens (tertiary/aromatic N) is 2. The summed E-state index contributed by atoms with van der Waals surface area (Å²) < 4.78 is 2.14. The van der Waals surface area contributed by atoms with Crippen molar-refractivity contribution >= 4 is 22.7 Å². The summed E-state index contributed by atoms with van der Waals surface area (Å²) in [5.41, 5.74) is 3.88. The lowest BCUT2D eigenvalue weighted by Gasteiger charge is -2.57. The molecule has 5 aliphatic rings. The van der Waals surface area contributed by atoms with Crippen molar-refractivity contribution in [1.29, 1.82) is 0 Å². The first-order chi connectivity index (χ1) is 18.4. The first-order valence-corrected chi connectivity index (χ1v) is 14.6. The van der Waals surface area contributed by atoms with Crippen LogP contribution in [0.1, 0.15) is 86.3 Å². The Morgan fingerprint density at radius 3 is 2.29 bits per heavy atom. The maximum absolute atomic E-state index is 14.4. The molecule has 3 unspecified atom stereocenters. The lowest BCUT2D eigenvalue weighted by atomic mass is 9.53. The summed E-state index contributed by atoms with van der Waals surface area (Å²) in [4.78, 5) is 30.6. The molecule has 5 nitrogen and oxygen atoms in total. The highest BCUT2D eigenvalue weighted by atomic mass is 16.2. The van der Waals surface area contributed by atoms with Crippen molar-refractivity contribution in [2.45, 2.75) is 76.4 Å². The highest BCUT2D eigenvalue weighted by molar-refractivity contribution is 6.03. The van der Waals surface area contributed by atoms with Gasteiger partial charge in [-0.2, -0.15) is 0 Å². The molecule has 2 aromatic carbocycles. The van der Waals surface area contributed by atoms with Crippen molar-refractivity contribution < 1.29 is 9.59 Å². The molecule has 2 heterocycles. The van der Waals surface area contributed by atoms with Crippen LogP contribution in [0.25, 0.3) is 10.9 Å². The number of hydrogen-bond acceptors (Lipinski definition) is 2. The number of hydrogen-bond donors (Lipinski definition) is 1. The highest BCUT2D eigenvalue weighted by Gasteiger charge is 2.53. The molecular formula is C33H39N3O2. The standard InChI is InChI=1S/C33H39N3O2/c1-4-20(2)29(31(37)34-33-16-21-13-22(17-33)15-23(14-21)18-33)36-30(25-10-5-6-11-26(25)32(36)38)27-19-35(3)28-12-8-7-9-24(27)28/h5-12,19-23,29-30H,4,13-18H2,1-3H3,(H,34,37). The van der Waals surface area contributed by atoms with Gasteiger partial charge in [0, 0.05) is 40.8 Å². The fourth-order valence-corrected chi connectivity index (χ4v) is 9.01. The third-order valence-electron chi connectivity index (χ3n) is 10.4. The minimum atomic E-state index is -0.517. The van der Waals surface area contributed by atoms with Crippen LogP contribution < -0.4 is 5.32 Å². The van der Waals surface area contributed by atoms with Crippen LogP contribution in [-0.2, 0) is 11.8 Å². The summed E-state index contributed by atoms with van der Waals surface area (Å²) in [6, 6.07) is 15.5. The summed E-state index contributed by atoms with van der Waals surface area (Å²) in [6.07, 6.45) is 10.3. The van der Waals surface area contributed by atoms with E-state index in [0.29, 0.717) is 0 Å². The van der Waals surface area contributed by atoms with Crippen LogP contribution in [0.2, 0.25) is 0 Å². The van der Waals surface area contributed by atoms with Crippen molar-refractivity contribution in [3.8, 4) is 0 Å². The van der Waals surface area contributed by atoms with Crippen molar-refractivity contribution in [2.24, 2.45) is 30.7 Å². The molecule has 3 aromatic rings. The topological polar surface area (TPSA) is 54.3 Å². The zero-order valence-corrected chi connectivity index (χ0v) is 22.8. The molecule has 3 atom stereocenters. The van der Waals surface area contributed by atoms with E-state index in [4.69, 9.17) is 0 Å². The summed E-state index contributed by atoms with van der Waals surface area (Å²) in [5, 5.41) is 4.78. The fraction of sp³-hybridized carbons (Fsp3) is 0.515. The molecule has 198 valence electrons. The Hall–Kier alpha value is -3.08. The van der Waals surface area contributed by atoms with Gasteiger partial charge in [0.15, 0.2) is 0 Å². The molecular weight excluding hydrogens is 470 g/mol. The Labute approximate surface area is 225 Å². The monoisotopic (exact) mass is 509 g/mol. The van der Waals surface area contributed by atoms with Crippen LogP contribution >= 0.6 is 0 Å². The molecule has 4 saturated carbocycles. The predicted octanol–water partition coefficient (Wildman–Crippen LogP) is 6.22. The summed E-state index contributed by atoms with van der Waals surface area (Å²) >= 11 is 0. The lowest BCUT2D eigenvalue weighted by molar-refractivity contribution is -0.133.